The molecule has 1 heterocycles. The van der Waals surface area contributed by atoms with E-state index < -0.39 is 23.8 Å². The molecular weight excluding hydrogens is 273 g/mol. The maximum absolute atomic E-state index is 12.5. The van der Waals surface area contributed by atoms with Crippen molar-refractivity contribution in [2.45, 2.75) is 18.6 Å². The molecule has 4 nitrogen and oxygen atoms in total. The van der Waals surface area contributed by atoms with Crippen LogP contribution >= 0.6 is 11.6 Å². The lowest BCUT2D eigenvalue weighted by molar-refractivity contribution is -0.142. The first-order chi connectivity index (χ1) is 8.25. The molecule has 1 atom stereocenters. The molecule has 1 rings (SSSR count). The van der Waals surface area contributed by atoms with Crippen molar-refractivity contribution < 1.29 is 22.7 Å². The van der Waals surface area contributed by atoms with Crippen LogP contribution < -0.4 is 5.73 Å². The van der Waals surface area contributed by atoms with E-state index in [2.05, 4.69) is 9.72 Å². The largest absolute Gasteiger partial charge is 0.468 e. The van der Waals surface area contributed by atoms with Gasteiger partial charge in [-0.2, -0.15) is 13.2 Å². The minimum atomic E-state index is -4.53. The fraction of sp³-hybridized carbons (Fsp3) is 0.400. The van der Waals surface area contributed by atoms with Gasteiger partial charge in [0.15, 0.2) is 0 Å². The molecule has 0 aliphatic carbocycles. The topological polar surface area (TPSA) is 65.2 Å². The Morgan fingerprint density at radius 2 is 2.22 bits per heavy atom. The summed E-state index contributed by atoms with van der Waals surface area (Å²) in [4.78, 5) is 14.5. The molecule has 0 aromatic carbocycles. The van der Waals surface area contributed by atoms with Crippen molar-refractivity contribution in [3.05, 3.63) is 28.5 Å². The van der Waals surface area contributed by atoms with E-state index in [-0.39, 0.29) is 17.1 Å². The first kappa shape index (κ1) is 14.7. The van der Waals surface area contributed by atoms with Crippen LogP contribution in [-0.4, -0.2) is 24.1 Å². The number of halogens is 4. The molecule has 0 radical (unpaired) electrons. The van der Waals surface area contributed by atoms with Gasteiger partial charge in [0.05, 0.1) is 12.7 Å². The number of hydrogen-bond donors (Lipinski definition) is 1. The van der Waals surface area contributed by atoms with Gasteiger partial charge < -0.3 is 10.5 Å². The third kappa shape index (κ3) is 3.58. The molecule has 0 amide bonds. The lowest BCUT2D eigenvalue weighted by Crippen LogP contribution is -2.33. The van der Waals surface area contributed by atoms with Crippen LogP contribution in [0.15, 0.2) is 12.3 Å². The first-order valence-electron chi connectivity index (χ1n) is 4.80. The summed E-state index contributed by atoms with van der Waals surface area (Å²) in [5, 5.41) is -0.123. The number of hydrogen-bond acceptors (Lipinski definition) is 4. The number of esters is 1. The highest BCUT2D eigenvalue weighted by Gasteiger charge is 2.32. The predicted octanol–water partition coefficient (Wildman–Crippen LogP) is 1.80. The first-order valence-corrected chi connectivity index (χ1v) is 5.18. The van der Waals surface area contributed by atoms with Crippen molar-refractivity contribution in [1.82, 2.24) is 4.98 Å². The zero-order valence-corrected chi connectivity index (χ0v) is 10.0. The molecule has 100 valence electrons. The van der Waals surface area contributed by atoms with Crippen molar-refractivity contribution >= 4 is 17.6 Å². The Kier molecular flexibility index (Phi) is 4.53. The highest BCUT2D eigenvalue weighted by molar-refractivity contribution is 6.30. The van der Waals surface area contributed by atoms with Gasteiger partial charge in [-0.3, -0.25) is 4.79 Å². The van der Waals surface area contributed by atoms with Gasteiger partial charge in [0.25, 0.3) is 0 Å². The summed E-state index contributed by atoms with van der Waals surface area (Å²) in [5.41, 5.74) is 4.55. The number of nitrogens with two attached hydrogens (primary N) is 1. The smallest absolute Gasteiger partial charge is 0.417 e. The molecule has 1 aromatic heterocycles. The van der Waals surface area contributed by atoms with Crippen molar-refractivity contribution in [1.29, 1.82) is 0 Å². The molecule has 0 spiro atoms. The monoisotopic (exact) mass is 282 g/mol. The van der Waals surface area contributed by atoms with Crippen LogP contribution in [-0.2, 0) is 22.1 Å². The van der Waals surface area contributed by atoms with E-state index in [9.17, 15) is 18.0 Å². The van der Waals surface area contributed by atoms with Crippen LogP contribution in [0.1, 0.15) is 11.1 Å². The molecular formula is C10H10ClF3N2O2. The van der Waals surface area contributed by atoms with Crippen molar-refractivity contribution in [2.75, 3.05) is 7.11 Å². The van der Waals surface area contributed by atoms with Gasteiger partial charge in [0.2, 0.25) is 0 Å². The van der Waals surface area contributed by atoms with Gasteiger partial charge in [-0.15, -0.1) is 0 Å². The van der Waals surface area contributed by atoms with Gasteiger partial charge >= 0.3 is 12.1 Å². The summed E-state index contributed by atoms with van der Waals surface area (Å²) in [5.74, 6) is -0.733. The molecule has 8 heteroatoms. The standard InChI is InChI=1S/C10H10ClF3N2O2/c1-18-9(17)7(15)3-5-2-6(10(12,13)14)4-16-8(5)11/h2,4,7H,3,15H2,1H3. The third-order valence-electron chi connectivity index (χ3n) is 2.18. The second-order valence-corrected chi connectivity index (χ2v) is 3.86. The fourth-order valence-electron chi connectivity index (χ4n) is 1.26. The van der Waals surface area contributed by atoms with E-state index in [1.165, 1.54) is 0 Å². The second kappa shape index (κ2) is 5.53. The Balaban J connectivity index is 2.98. The number of carbonyl (C=O) groups excluding carboxylic acids is 1. The Labute approximate surface area is 106 Å². The summed E-state index contributed by atoms with van der Waals surface area (Å²) in [6, 6.07) is -0.268. The minimum absolute atomic E-state index is 0.0457. The lowest BCUT2D eigenvalue weighted by Gasteiger charge is -2.12. The quantitative estimate of drug-likeness (QED) is 0.678. The summed E-state index contributed by atoms with van der Waals surface area (Å²) in [6.45, 7) is 0. The highest BCUT2D eigenvalue weighted by atomic mass is 35.5. The normalized spacial score (nSPS) is 13.2. The van der Waals surface area contributed by atoms with Crippen molar-refractivity contribution in [3.8, 4) is 0 Å². The summed E-state index contributed by atoms with van der Waals surface area (Å²) < 4.78 is 41.7. The number of pyridine rings is 1. The molecule has 2 N–H and O–H groups in total. The number of nitrogens with zero attached hydrogens (tertiary/aromatic N) is 1. The number of aromatic nitrogens is 1. The molecule has 0 saturated heterocycles. The van der Waals surface area contributed by atoms with Crippen LogP contribution in [0.2, 0.25) is 5.15 Å². The van der Waals surface area contributed by atoms with Crippen LogP contribution in [0, 0.1) is 0 Å². The molecule has 1 unspecified atom stereocenters. The molecule has 0 fully saturated rings. The van der Waals surface area contributed by atoms with E-state index in [0.29, 0.717) is 6.20 Å². The number of carbonyl (C=O) groups is 1. The molecule has 1 aromatic rings. The number of methoxy groups -OCH3 is 1. The lowest BCUT2D eigenvalue weighted by atomic mass is 10.1. The van der Waals surface area contributed by atoms with Gasteiger partial charge in [0, 0.05) is 12.6 Å². The van der Waals surface area contributed by atoms with Gasteiger partial charge in [0.1, 0.15) is 11.2 Å². The Morgan fingerprint density at radius 3 is 2.72 bits per heavy atom. The maximum Gasteiger partial charge on any atom is 0.417 e. The Bertz CT molecular complexity index is 451. The van der Waals surface area contributed by atoms with E-state index >= 15 is 0 Å². The molecule has 18 heavy (non-hydrogen) atoms. The molecule has 0 aliphatic rings. The minimum Gasteiger partial charge on any atom is -0.468 e. The average molecular weight is 283 g/mol. The predicted molar refractivity (Wildman–Crippen MR) is 57.9 cm³/mol. The third-order valence-corrected chi connectivity index (χ3v) is 2.52. The van der Waals surface area contributed by atoms with E-state index in [4.69, 9.17) is 17.3 Å². The highest BCUT2D eigenvalue weighted by Crippen LogP contribution is 2.30. The molecule has 0 aliphatic heterocycles. The van der Waals surface area contributed by atoms with Crippen LogP contribution in [0.4, 0.5) is 13.2 Å². The van der Waals surface area contributed by atoms with Gasteiger partial charge in [-0.1, -0.05) is 11.6 Å². The zero-order chi connectivity index (χ0) is 13.9. The van der Waals surface area contributed by atoms with Gasteiger partial charge in [-0.25, -0.2) is 4.98 Å². The van der Waals surface area contributed by atoms with Crippen LogP contribution in [0.5, 0.6) is 0 Å². The molecule has 0 saturated carbocycles. The Hall–Kier alpha value is -1.34. The van der Waals surface area contributed by atoms with E-state index in [0.717, 1.165) is 13.2 Å². The summed E-state index contributed by atoms with van der Waals surface area (Å²) in [7, 11) is 1.13. The Morgan fingerprint density at radius 1 is 1.61 bits per heavy atom. The van der Waals surface area contributed by atoms with Crippen molar-refractivity contribution in [2.24, 2.45) is 5.73 Å². The number of ether oxygens (including phenoxy) is 1. The zero-order valence-electron chi connectivity index (χ0n) is 9.29. The summed E-state index contributed by atoms with van der Waals surface area (Å²) >= 11 is 5.65. The number of alkyl halides is 3. The van der Waals surface area contributed by atoms with Gasteiger partial charge in [-0.05, 0) is 11.6 Å². The fourth-order valence-corrected chi connectivity index (χ4v) is 1.44. The van der Waals surface area contributed by atoms with E-state index in [1.54, 1.807) is 0 Å². The number of rotatable bonds is 3. The average Bonchev–Trinajstić information content (AvgIpc) is 2.29. The molecule has 0 bridgehead atoms. The van der Waals surface area contributed by atoms with Crippen LogP contribution in [0.3, 0.4) is 0 Å². The second-order valence-electron chi connectivity index (χ2n) is 3.51. The van der Waals surface area contributed by atoms with E-state index in [1.807, 2.05) is 0 Å². The van der Waals surface area contributed by atoms with Crippen LogP contribution in [0.25, 0.3) is 0 Å². The summed E-state index contributed by atoms with van der Waals surface area (Å²) in [6.07, 6.45) is -4.08. The maximum atomic E-state index is 12.5. The van der Waals surface area contributed by atoms with Crippen molar-refractivity contribution in [3.63, 3.8) is 0 Å². The SMILES string of the molecule is COC(=O)C(N)Cc1cc(C(F)(F)F)cnc1Cl.